The molecule has 2 aromatic rings. The summed E-state index contributed by atoms with van der Waals surface area (Å²) in [5.41, 5.74) is 1.35. The van der Waals surface area contributed by atoms with Crippen molar-refractivity contribution in [1.29, 1.82) is 0 Å². The predicted molar refractivity (Wildman–Crippen MR) is 91.7 cm³/mol. The summed E-state index contributed by atoms with van der Waals surface area (Å²) in [7, 11) is 1.58. The van der Waals surface area contributed by atoms with Crippen LogP contribution in [0, 0.1) is 0 Å². The lowest BCUT2D eigenvalue weighted by Crippen LogP contribution is -2.38. The molecule has 2 N–H and O–H groups in total. The number of ether oxygens (including phenoxy) is 1. The molecule has 0 saturated carbocycles. The second-order valence-electron chi connectivity index (χ2n) is 5.25. The van der Waals surface area contributed by atoms with E-state index in [-0.39, 0.29) is 12.2 Å². The summed E-state index contributed by atoms with van der Waals surface area (Å²) in [5, 5.41) is 12.7. The van der Waals surface area contributed by atoms with Crippen LogP contribution in [0.2, 0.25) is 5.02 Å². The number of carboxylic acids is 1. The molecule has 0 amide bonds. The first-order valence-electron chi connectivity index (χ1n) is 7.37. The van der Waals surface area contributed by atoms with Gasteiger partial charge in [-0.2, -0.15) is 0 Å². The van der Waals surface area contributed by atoms with Crippen molar-refractivity contribution < 1.29 is 19.4 Å². The van der Waals surface area contributed by atoms with Crippen molar-refractivity contribution in [2.45, 2.75) is 19.0 Å². The number of hydrogen-bond acceptors (Lipinski definition) is 4. The number of methoxy groups -OCH3 is 1. The minimum atomic E-state index is -1.06. The van der Waals surface area contributed by atoms with Crippen molar-refractivity contribution in [2.24, 2.45) is 0 Å². The van der Waals surface area contributed by atoms with Gasteiger partial charge < -0.3 is 9.84 Å². The molecule has 2 aromatic carbocycles. The number of benzene rings is 2. The van der Waals surface area contributed by atoms with E-state index in [4.69, 9.17) is 16.3 Å². The number of aliphatic carboxylic acids is 1. The Balaban J connectivity index is 1.97. The fourth-order valence-electron chi connectivity index (χ4n) is 2.17. The lowest BCUT2D eigenvalue weighted by atomic mass is 10.0. The van der Waals surface area contributed by atoms with Crippen LogP contribution in [0.5, 0.6) is 5.75 Å². The average molecular weight is 348 g/mol. The topological polar surface area (TPSA) is 75.6 Å². The van der Waals surface area contributed by atoms with E-state index in [1.165, 1.54) is 0 Å². The SMILES string of the molecule is COc1ccc(CNC(CC(=O)c2ccc(Cl)cc2)C(=O)O)cc1. The van der Waals surface area contributed by atoms with Crippen LogP contribution in [0.4, 0.5) is 0 Å². The maximum absolute atomic E-state index is 12.2. The number of ketones is 1. The molecule has 1 atom stereocenters. The molecule has 0 heterocycles. The molecule has 0 bridgehead atoms. The van der Waals surface area contributed by atoms with Gasteiger partial charge in [0.05, 0.1) is 7.11 Å². The Labute approximate surface area is 145 Å². The van der Waals surface area contributed by atoms with Crippen molar-refractivity contribution in [3.8, 4) is 5.75 Å². The van der Waals surface area contributed by atoms with Gasteiger partial charge in [0.1, 0.15) is 11.8 Å². The van der Waals surface area contributed by atoms with Gasteiger partial charge in [0.25, 0.3) is 0 Å². The molecule has 0 fully saturated rings. The molecule has 0 aliphatic carbocycles. The van der Waals surface area contributed by atoms with Gasteiger partial charge in [0, 0.05) is 23.6 Å². The fourth-order valence-corrected chi connectivity index (χ4v) is 2.30. The number of nitrogens with one attached hydrogen (secondary N) is 1. The number of halogens is 1. The smallest absolute Gasteiger partial charge is 0.321 e. The number of carbonyl (C=O) groups excluding carboxylic acids is 1. The summed E-state index contributed by atoms with van der Waals surface area (Å²) < 4.78 is 5.07. The maximum atomic E-state index is 12.2. The number of carboxylic acid groups (broad SMARTS) is 1. The van der Waals surface area contributed by atoms with Gasteiger partial charge in [-0.3, -0.25) is 14.9 Å². The van der Waals surface area contributed by atoms with Gasteiger partial charge in [0.2, 0.25) is 0 Å². The molecule has 0 aromatic heterocycles. The first kappa shape index (κ1) is 18.0. The molecule has 0 saturated heterocycles. The van der Waals surface area contributed by atoms with Gasteiger partial charge in [-0.15, -0.1) is 0 Å². The van der Waals surface area contributed by atoms with E-state index in [9.17, 15) is 14.7 Å². The summed E-state index contributed by atoms with van der Waals surface area (Å²) in [6, 6.07) is 12.7. The Hall–Kier alpha value is -2.37. The van der Waals surface area contributed by atoms with E-state index in [2.05, 4.69) is 5.32 Å². The van der Waals surface area contributed by atoms with E-state index < -0.39 is 12.0 Å². The highest BCUT2D eigenvalue weighted by Gasteiger charge is 2.21. The van der Waals surface area contributed by atoms with Crippen molar-refractivity contribution in [3.05, 3.63) is 64.7 Å². The molecule has 5 nitrogen and oxygen atoms in total. The number of hydrogen-bond donors (Lipinski definition) is 2. The first-order valence-corrected chi connectivity index (χ1v) is 7.75. The molecule has 6 heteroatoms. The second-order valence-corrected chi connectivity index (χ2v) is 5.69. The number of Topliss-reactive ketones (excluding diaryl/α,β-unsaturated/α-hetero) is 1. The van der Waals surface area contributed by atoms with Gasteiger partial charge in [-0.05, 0) is 42.0 Å². The zero-order chi connectivity index (χ0) is 17.5. The van der Waals surface area contributed by atoms with Gasteiger partial charge >= 0.3 is 5.97 Å². The monoisotopic (exact) mass is 347 g/mol. The van der Waals surface area contributed by atoms with Crippen LogP contribution in [-0.4, -0.2) is 30.0 Å². The van der Waals surface area contributed by atoms with Crippen LogP contribution < -0.4 is 10.1 Å². The number of carbonyl (C=O) groups is 2. The molecular formula is C18H18ClNO4. The largest absolute Gasteiger partial charge is 0.497 e. The third-order valence-electron chi connectivity index (χ3n) is 3.57. The number of rotatable bonds is 8. The minimum absolute atomic E-state index is 0.132. The summed E-state index contributed by atoms with van der Waals surface area (Å²) in [5.74, 6) is -0.585. The van der Waals surface area contributed by atoms with Crippen molar-refractivity contribution in [3.63, 3.8) is 0 Å². The summed E-state index contributed by atoms with van der Waals surface area (Å²) in [4.78, 5) is 23.6. The predicted octanol–water partition coefficient (Wildman–Crippen LogP) is 3.16. The standard InChI is InChI=1S/C18H18ClNO4/c1-24-15-8-2-12(3-9-15)11-20-16(18(22)23)10-17(21)13-4-6-14(19)7-5-13/h2-9,16,20H,10-11H2,1H3,(H,22,23). The van der Waals surface area contributed by atoms with Crippen LogP contribution in [0.1, 0.15) is 22.3 Å². The lowest BCUT2D eigenvalue weighted by Gasteiger charge is -2.14. The van der Waals surface area contributed by atoms with Crippen LogP contribution in [-0.2, 0) is 11.3 Å². The van der Waals surface area contributed by atoms with Gasteiger partial charge in [0.15, 0.2) is 5.78 Å². The van der Waals surface area contributed by atoms with Gasteiger partial charge in [-0.1, -0.05) is 23.7 Å². The molecule has 0 aliphatic rings. The highest BCUT2D eigenvalue weighted by atomic mass is 35.5. The molecular weight excluding hydrogens is 330 g/mol. The summed E-state index contributed by atoms with van der Waals surface area (Å²) in [6.07, 6.45) is -0.132. The zero-order valence-electron chi connectivity index (χ0n) is 13.2. The van der Waals surface area contributed by atoms with Crippen LogP contribution in [0.15, 0.2) is 48.5 Å². The third-order valence-corrected chi connectivity index (χ3v) is 3.82. The average Bonchev–Trinajstić information content (AvgIpc) is 2.59. The Morgan fingerprint density at radius 2 is 1.75 bits per heavy atom. The highest BCUT2D eigenvalue weighted by Crippen LogP contribution is 2.13. The molecule has 2 rings (SSSR count). The normalized spacial score (nSPS) is 11.8. The quantitative estimate of drug-likeness (QED) is 0.717. The highest BCUT2D eigenvalue weighted by molar-refractivity contribution is 6.30. The molecule has 126 valence electrons. The Kier molecular flexibility index (Phi) is 6.35. The molecule has 0 aliphatic heterocycles. The minimum Gasteiger partial charge on any atom is -0.497 e. The molecule has 24 heavy (non-hydrogen) atoms. The summed E-state index contributed by atoms with van der Waals surface area (Å²) in [6.45, 7) is 0.342. The maximum Gasteiger partial charge on any atom is 0.321 e. The second kappa shape index (κ2) is 8.47. The molecule has 0 radical (unpaired) electrons. The van der Waals surface area contributed by atoms with Crippen LogP contribution in [0.3, 0.4) is 0 Å². The van der Waals surface area contributed by atoms with Crippen molar-refractivity contribution in [2.75, 3.05) is 7.11 Å². The van der Waals surface area contributed by atoms with Gasteiger partial charge in [-0.25, -0.2) is 0 Å². The Morgan fingerprint density at radius 1 is 1.12 bits per heavy atom. The lowest BCUT2D eigenvalue weighted by molar-refractivity contribution is -0.139. The summed E-state index contributed by atoms with van der Waals surface area (Å²) >= 11 is 5.79. The fraction of sp³-hybridized carbons (Fsp3) is 0.222. The zero-order valence-corrected chi connectivity index (χ0v) is 13.9. The third kappa shape index (κ3) is 5.08. The van der Waals surface area contributed by atoms with E-state index in [1.807, 2.05) is 12.1 Å². The molecule has 1 unspecified atom stereocenters. The van der Waals surface area contributed by atoms with Crippen LogP contribution >= 0.6 is 11.6 Å². The molecule has 0 spiro atoms. The van der Waals surface area contributed by atoms with Crippen molar-refractivity contribution in [1.82, 2.24) is 5.32 Å². The Bertz CT molecular complexity index is 698. The van der Waals surface area contributed by atoms with Crippen LogP contribution in [0.25, 0.3) is 0 Å². The van der Waals surface area contributed by atoms with E-state index in [0.717, 1.165) is 11.3 Å². The first-order chi connectivity index (χ1) is 11.5. The van der Waals surface area contributed by atoms with Crippen molar-refractivity contribution >= 4 is 23.4 Å². The van der Waals surface area contributed by atoms with E-state index in [1.54, 1.807) is 43.5 Å². The Morgan fingerprint density at radius 3 is 2.29 bits per heavy atom. The van der Waals surface area contributed by atoms with E-state index in [0.29, 0.717) is 17.1 Å². The van der Waals surface area contributed by atoms with E-state index >= 15 is 0 Å².